The quantitative estimate of drug-likeness (QED) is 0.305. The van der Waals surface area contributed by atoms with Crippen LogP contribution in [0.2, 0.25) is 10.0 Å². The number of anilines is 2. The number of carboxylic acid groups (broad SMARTS) is 1. The zero-order valence-electron chi connectivity index (χ0n) is 27.0. The second-order valence-electron chi connectivity index (χ2n) is 12.6. The first-order chi connectivity index (χ1) is 24.1. The van der Waals surface area contributed by atoms with Crippen molar-refractivity contribution in [1.29, 1.82) is 0 Å². The number of urea groups is 1. The number of piperazine rings is 1. The predicted octanol–water partition coefficient (Wildman–Crippen LogP) is 5.03. The van der Waals surface area contributed by atoms with Gasteiger partial charge in [-0.15, -0.1) is 11.3 Å². The maximum atomic E-state index is 14.0. The average molecular weight is 743 g/mol. The number of benzene rings is 2. The minimum atomic E-state index is -0.873. The molecule has 7 rings (SSSR count). The molecule has 0 unspecified atom stereocenters. The van der Waals surface area contributed by atoms with Crippen molar-refractivity contribution in [2.24, 2.45) is 10.9 Å². The van der Waals surface area contributed by atoms with E-state index in [-0.39, 0.29) is 28.6 Å². The van der Waals surface area contributed by atoms with Crippen LogP contribution in [0.5, 0.6) is 0 Å². The highest BCUT2D eigenvalue weighted by atomic mass is 35.5. The highest BCUT2D eigenvalue weighted by Gasteiger charge is 2.42. The number of methoxy groups -OCH3 is 1. The van der Waals surface area contributed by atoms with Gasteiger partial charge in [0.25, 0.3) is 0 Å². The number of piperidine rings is 1. The largest absolute Gasteiger partial charge is 0.481 e. The van der Waals surface area contributed by atoms with Crippen LogP contribution in [0.1, 0.15) is 29.5 Å². The lowest BCUT2D eigenvalue weighted by Gasteiger charge is -2.38. The van der Waals surface area contributed by atoms with Gasteiger partial charge in [-0.05, 0) is 43.2 Å². The number of fused-ring (bicyclic) bond motifs is 1. The van der Waals surface area contributed by atoms with E-state index in [1.165, 1.54) is 36.6 Å². The molecular weight excluding hydrogens is 708 g/mol. The van der Waals surface area contributed by atoms with Crippen molar-refractivity contribution in [3.05, 3.63) is 85.7 Å². The number of esters is 1. The summed E-state index contributed by atoms with van der Waals surface area (Å²) in [5.41, 5.74) is 2.81. The van der Waals surface area contributed by atoms with Gasteiger partial charge in [0.15, 0.2) is 10.8 Å². The minimum absolute atomic E-state index is 0.109. The van der Waals surface area contributed by atoms with Gasteiger partial charge in [-0.25, -0.2) is 19.0 Å². The lowest BCUT2D eigenvalue weighted by atomic mass is 9.95. The monoisotopic (exact) mass is 741 g/mol. The molecule has 50 heavy (non-hydrogen) atoms. The van der Waals surface area contributed by atoms with Gasteiger partial charge in [0.1, 0.15) is 11.9 Å². The Kier molecular flexibility index (Phi) is 9.70. The van der Waals surface area contributed by atoms with Crippen LogP contribution in [0, 0.1) is 11.7 Å². The summed E-state index contributed by atoms with van der Waals surface area (Å²) in [6.07, 6.45) is 2.75. The summed E-state index contributed by atoms with van der Waals surface area (Å²) >= 11 is 14.5. The molecule has 2 aromatic carbocycles. The van der Waals surface area contributed by atoms with E-state index in [1.807, 2.05) is 22.4 Å². The van der Waals surface area contributed by atoms with Gasteiger partial charge >= 0.3 is 18.0 Å². The average Bonchev–Trinajstić information content (AvgIpc) is 3.76. The van der Waals surface area contributed by atoms with Crippen molar-refractivity contribution in [2.45, 2.75) is 24.9 Å². The topological polar surface area (TPSA) is 131 Å². The highest BCUT2D eigenvalue weighted by molar-refractivity contribution is 7.11. The van der Waals surface area contributed by atoms with Crippen LogP contribution in [0.25, 0.3) is 0 Å². The maximum absolute atomic E-state index is 14.0. The first-order valence-corrected chi connectivity index (χ1v) is 17.8. The van der Waals surface area contributed by atoms with Crippen molar-refractivity contribution >= 4 is 69.7 Å². The van der Waals surface area contributed by atoms with E-state index < -0.39 is 23.8 Å². The number of amidine groups is 1. The molecular formula is C34H34Cl2FN7O5S. The van der Waals surface area contributed by atoms with E-state index in [4.69, 9.17) is 32.9 Å². The van der Waals surface area contributed by atoms with Crippen molar-refractivity contribution < 1.29 is 28.6 Å². The third-order valence-corrected chi connectivity index (χ3v) is 11.0. The summed E-state index contributed by atoms with van der Waals surface area (Å²) in [5, 5.41) is 15.8. The fourth-order valence-corrected chi connectivity index (χ4v) is 8.19. The maximum Gasteiger partial charge on any atom is 0.338 e. The molecule has 0 aliphatic carbocycles. The zero-order chi connectivity index (χ0) is 35.1. The Morgan fingerprint density at radius 2 is 1.86 bits per heavy atom. The molecule has 262 valence electrons. The third kappa shape index (κ3) is 6.76. The normalized spacial score (nSPS) is 21.6. The Balaban J connectivity index is 1.12. The van der Waals surface area contributed by atoms with E-state index in [9.17, 15) is 23.9 Å². The number of halogens is 3. The number of carboxylic acids is 1. The fourth-order valence-electron chi connectivity index (χ4n) is 7.10. The van der Waals surface area contributed by atoms with E-state index in [2.05, 4.69) is 20.1 Å². The zero-order valence-corrected chi connectivity index (χ0v) is 29.3. The molecule has 5 heterocycles. The molecule has 16 heteroatoms. The Bertz CT molecular complexity index is 1880. The Morgan fingerprint density at radius 3 is 2.56 bits per heavy atom. The number of aliphatic imine (C=N–C) groups is 1. The SMILES string of the molecule is COC(=O)C1=C(CN2CCN3C(=O)N(c4cc(Cl)cc(N5CCC(C(=O)O)CC5)c4)C[C@@H]3C2)NC(c2nccs2)=N[C@H]1c1ccc(F)cc1Cl. The molecule has 0 bridgehead atoms. The molecule has 3 fully saturated rings. The number of ether oxygens (including phenoxy) is 1. The molecule has 0 spiro atoms. The van der Waals surface area contributed by atoms with Crippen LogP contribution < -0.4 is 15.1 Å². The first-order valence-electron chi connectivity index (χ1n) is 16.2. The number of nitrogens with one attached hydrogen (secondary N) is 1. The summed E-state index contributed by atoms with van der Waals surface area (Å²) in [5.74, 6) is -1.77. The van der Waals surface area contributed by atoms with E-state index in [0.29, 0.717) is 91.5 Å². The number of carbonyl (C=O) groups is 3. The van der Waals surface area contributed by atoms with Crippen LogP contribution in [0.3, 0.4) is 0 Å². The predicted molar refractivity (Wildman–Crippen MR) is 189 cm³/mol. The molecule has 4 aliphatic rings. The highest BCUT2D eigenvalue weighted by Crippen LogP contribution is 2.38. The Labute approximate surface area is 301 Å². The van der Waals surface area contributed by atoms with Crippen LogP contribution in [-0.4, -0.2) is 103 Å². The number of thiazole rings is 1. The number of aromatic nitrogens is 1. The molecule has 2 N–H and O–H groups in total. The molecule has 0 saturated carbocycles. The van der Waals surface area contributed by atoms with Gasteiger partial charge in [-0.3, -0.25) is 19.6 Å². The smallest absolute Gasteiger partial charge is 0.338 e. The summed E-state index contributed by atoms with van der Waals surface area (Å²) in [6, 6.07) is 8.45. The number of nitrogens with zero attached hydrogens (tertiary/aromatic N) is 6. The summed E-state index contributed by atoms with van der Waals surface area (Å²) in [7, 11) is 1.30. The van der Waals surface area contributed by atoms with Gasteiger partial charge in [-0.2, -0.15) is 0 Å². The number of carbonyl (C=O) groups excluding carboxylic acids is 2. The van der Waals surface area contributed by atoms with Gasteiger partial charge in [0.2, 0.25) is 0 Å². The number of hydrogen-bond donors (Lipinski definition) is 2. The van der Waals surface area contributed by atoms with Crippen LogP contribution in [0.15, 0.2) is 64.2 Å². The molecule has 2 amide bonds. The molecule has 4 aliphatic heterocycles. The number of amides is 2. The third-order valence-electron chi connectivity index (χ3n) is 9.63. The Hall–Kier alpha value is -4.24. The van der Waals surface area contributed by atoms with Crippen molar-refractivity contribution in [2.75, 3.05) is 62.7 Å². The molecule has 0 radical (unpaired) electrons. The van der Waals surface area contributed by atoms with Crippen LogP contribution in [-0.2, 0) is 14.3 Å². The number of hydrogen-bond acceptors (Lipinski definition) is 10. The van der Waals surface area contributed by atoms with Gasteiger partial charge < -0.3 is 25.0 Å². The lowest BCUT2D eigenvalue weighted by Crippen LogP contribution is -2.53. The first kappa shape index (κ1) is 34.2. The van der Waals surface area contributed by atoms with E-state index in [0.717, 1.165) is 5.69 Å². The second-order valence-corrected chi connectivity index (χ2v) is 14.4. The molecule has 3 saturated heterocycles. The molecule has 1 aromatic heterocycles. The summed E-state index contributed by atoms with van der Waals surface area (Å²) in [6.45, 7) is 3.48. The van der Waals surface area contributed by atoms with Crippen LogP contribution in [0.4, 0.5) is 20.6 Å². The number of aliphatic carboxylic acids is 1. The van der Waals surface area contributed by atoms with Gasteiger partial charge in [0, 0.05) is 90.1 Å². The Morgan fingerprint density at radius 1 is 1.08 bits per heavy atom. The van der Waals surface area contributed by atoms with Crippen molar-refractivity contribution in [1.82, 2.24) is 20.1 Å². The summed E-state index contributed by atoms with van der Waals surface area (Å²) < 4.78 is 19.3. The van der Waals surface area contributed by atoms with E-state index in [1.54, 1.807) is 17.2 Å². The van der Waals surface area contributed by atoms with Crippen LogP contribution >= 0.6 is 34.5 Å². The second kappa shape index (κ2) is 14.2. The summed E-state index contributed by atoms with van der Waals surface area (Å²) in [4.78, 5) is 55.7. The molecule has 2 atom stereocenters. The minimum Gasteiger partial charge on any atom is -0.481 e. The van der Waals surface area contributed by atoms with Gasteiger partial charge in [-0.1, -0.05) is 29.3 Å². The van der Waals surface area contributed by atoms with Crippen molar-refractivity contribution in [3.8, 4) is 0 Å². The van der Waals surface area contributed by atoms with Gasteiger partial charge in [0.05, 0.1) is 24.6 Å². The fraction of sp³-hybridized carbons (Fsp3) is 0.382. The molecule has 3 aromatic rings. The van der Waals surface area contributed by atoms with E-state index >= 15 is 0 Å². The molecule has 12 nitrogen and oxygen atoms in total. The standard InChI is InChI=1S/C34H34Cl2FN7O5S/c1-49-33(47)28-27(39-30(31-38-6-11-50-31)40-29(28)25-3-2-21(37)14-26(25)36)18-41-9-10-43-24(16-41)17-44(34(43)48)23-13-20(35)12-22(15-23)42-7-4-19(5-8-42)32(45)46/h2-3,6,11-15,19,24,29H,4-5,7-10,16-18H2,1H3,(H,39,40)(H,45,46)/t24-,29-/m0/s1. The number of rotatable bonds is 8. The lowest BCUT2D eigenvalue weighted by molar-refractivity contribution is -0.142. The van der Waals surface area contributed by atoms with Crippen molar-refractivity contribution in [3.63, 3.8) is 0 Å².